The Hall–Kier alpha value is -1.92. The highest BCUT2D eigenvalue weighted by atomic mass is 32.2. The van der Waals surface area contributed by atoms with Crippen LogP contribution < -0.4 is 4.74 Å². The van der Waals surface area contributed by atoms with Gasteiger partial charge in [0.15, 0.2) is 0 Å². The number of hydrogen-bond acceptors (Lipinski definition) is 4. The fraction of sp³-hybridized carbons (Fsp3) is 0.353. The van der Waals surface area contributed by atoms with Crippen molar-refractivity contribution in [2.45, 2.75) is 23.7 Å². The topological polar surface area (TPSA) is 59.5 Å². The second-order valence-corrected chi connectivity index (χ2v) is 7.55. The third-order valence-corrected chi connectivity index (χ3v) is 6.19. The quantitative estimate of drug-likeness (QED) is 0.864. The number of para-hydroxylation sites is 1. The second-order valence-electron chi connectivity index (χ2n) is 5.61. The molecule has 1 fully saturated rings. The van der Waals surface area contributed by atoms with E-state index in [9.17, 15) is 8.42 Å². The monoisotopic (exact) mass is 332 g/mol. The molecule has 1 aromatic carbocycles. The first-order valence-electron chi connectivity index (χ1n) is 7.66. The Bertz CT molecular complexity index is 754. The number of piperidine rings is 1. The molecule has 6 heteroatoms. The molecule has 1 saturated heterocycles. The summed E-state index contributed by atoms with van der Waals surface area (Å²) in [5.74, 6) is 1.20. The molecule has 23 heavy (non-hydrogen) atoms. The molecule has 1 aliphatic rings. The predicted molar refractivity (Wildman–Crippen MR) is 88.0 cm³/mol. The molecule has 122 valence electrons. The van der Waals surface area contributed by atoms with Gasteiger partial charge in [0.2, 0.25) is 10.0 Å². The minimum Gasteiger partial charge on any atom is -0.496 e. The van der Waals surface area contributed by atoms with Crippen molar-refractivity contribution in [3.63, 3.8) is 0 Å². The maximum atomic E-state index is 12.6. The zero-order chi connectivity index (χ0) is 16.3. The second kappa shape index (κ2) is 6.68. The van der Waals surface area contributed by atoms with Gasteiger partial charge in [0.25, 0.3) is 0 Å². The van der Waals surface area contributed by atoms with Crippen molar-refractivity contribution in [2.24, 2.45) is 0 Å². The summed E-state index contributed by atoms with van der Waals surface area (Å²) in [4.78, 5) is 4.17. The van der Waals surface area contributed by atoms with E-state index >= 15 is 0 Å². The van der Waals surface area contributed by atoms with Gasteiger partial charge in [-0.25, -0.2) is 8.42 Å². The van der Waals surface area contributed by atoms with Crippen LogP contribution in [0.5, 0.6) is 5.75 Å². The van der Waals surface area contributed by atoms with Gasteiger partial charge in [-0.1, -0.05) is 18.2 Å². The molecule has 3 rings (SSSR count). The molecule has 0 saturated carbocycles. The van der Waals surface area contributed by atoms with Gasteiger partial charge in [-0.2, -0.15) is 4.31 Å². The molecule has 0 spiro atoms. The zero-order valence-electron chi connectivity index (χ0n) is 13.1. The number of sulfonamides is 1. The van der Waals surface area contributed by atoms with Crippen molar-refractivity contribution in [1.82, 2.24) is 9.29 Å². The summed E-state index contributed by atoms with van der Waals surface area (Å²) in [5.41, 5.74) is 1.16. The van der Waals surface area contributed by atoms with E-state index in [4.69, 9.17) is 4.74 Å². The van der Waals surface area contributed by atoms with Crippen molar-refractivity contribution in [3.8, 4) is 5.75 Å². The number of hydrogen-bond donors (Lipinski definition) is 0. The molecule has 0 bridgehead atoms. The molecule has 5 nitrogen and oxygen atoms in total. The van der Waals surface area contributed by atoms with Gasteiger partial charge in [-0.3, -0.25) is 4.98 Å². The zero-order valence-corrected chi connectivity index (χ0v) is 13.9. The Balaban J connectivity index is 1.74. The lowest BCUT2D eigenvalue weighted by Crippen LogP contribution is -2.38. The molecule has 2 heterocycles. The molecule has 0 N–H and O–H groups in total. The van der Waals surface area contributed by atoms with E-state index in [-0.39, 0.29) is 4.90 Å². The number of aromatic nitrogens is 1. The minimum atomic E-state index is -3.44. The van der Waals surface area contributed by atoms with Crippen LogP contribution in [0.25, 0.3) is 0 Å². The molecule has 0 unspecified atom stereocenters. The molecule has 1 aliphatic heterocycles. The molecule has 0 aliphatic carbocycles. The maximum Gasteiger partial charge on any atom is 0.244 e. The normalized spacial score (nSPS) is 17.1. The Kier molecular flexibility index (Phi) is 4.63. The summed E-state index contributed by atoms with van der Waals surface area (Å²) < 4.78 is 32.2. The van der Waals surface area contributed by atoms with Crippen LogP contribution in [0.3, 0.4) is 0 Å². The van der Waals surface area contributed by atoms with Gasteiger partial charge in [-0.15, -0.1) is 0 Å². The Morgan fingerprint density at radius 1 is 1.13 bits per heavy atom. The first kappa shape index (κ1) is 16.0. The van der Waals surface area contributed by atoms with Crippen molar-refractivity contribution in [2.75, 3.05) is 20.2 Å². The van der Waals surface area contributed by atoms with Gasteiger partial charge in [0.1, 0.15) is 10.6 Å². The smallest absolute Gasteiger partial charge is 0.244 e. The molecule has 0 atom stereocenters. The number of benzene rings is 1. The highest BCUT2D eigenvalue weighted by molar-refractivity contribution is 7.89. The first-order valence-corrected chi connectivity index (χ1v) is 9.10. The Morgan fingerprint density at radius 2 is 1.87 bits per heavy atom. The molecule has 0 amide bonds. The van der Waals surface area contributed by atoms with E-state index in [1.165, 1.54) is 6.20 Å². The van der Waals surface area contributed by atoms with Crippen LogP contribution in [0.15, 0.2) is 53.7 Å². The SMILES string of the molecule is COc1ccccc1C1CCN(S(=O)(=O)c2cccnc2)CC1. The van der Waals surface area contributed by atoms with Crippen LogP contribution >= 0.6 is 0 Å². The van der Waals surface area contributed by atoms with Crippen LogP contribution in [-0.2, 0) is 10.0 Å². The minimum absolute atomic E-state index is 0.260. The van der Waals surface area contributed by atoms with Crippen molar-refractivity contribution in [3.05, 3.63) is 54.4 Å². The van der Waals surface area contributed by atoms with Crippen LogP contribution in [0, 0.1) is 0 Å². The van der Waals surface area contributed by atoms with Gasteiger partial charge in [-0.05, 0) is 42.5 Å². The summed E-state index contributed by atoms with van der Waals surface area (Å²) in [5, 5.41) is 0. The van der Waals surface area contributed by atoms with Crippen LogP contribution in [-0.4, -0.2) is 37.9 Å². The van der Waals surface area contributed by atoms with Gasteiger partial charge in [0.05, 0.1) is 7.11 Å². The van der Waals surface area contributed by atoms with E-state index in [1.807, 2.05) is 18.2 Å². The summed E-state index contributed by atoms with van der Waals surface area (Å²) in [6.45, 7) is 1.03. The van der Waals surface area contributed by atoms with Crippen LogP contribution in [0.2, 0.25) is 0 Å². The molecule has 0 radical (unpaired) electrons. The lowest BCUT2D eigenvalue weighted by Gasteiger charge is -2.31. The summed E-state index contributed by atoms with van der Waals surface area (Å²) in [7, 11) is -1.78. The highest BCUT2D eigenvalue weighted by Crippen LogP contribution is 2.35. The van der Waals surface area contributed by atoms with Crippen molar-refractivity contribution >= 4 is 10.0 Å². The standard InChI is InChI=1S/C17H20N2O3S/c1-22-17-7-3-2-6-16(17)14-8-11-19(12-9-14)23(20,21)15-5-4-10-18-13-15/h2-7,10,13-14H,8-9,11-12H2,1H3. The number of rotatable bonds is 4. The highest BCUT2D eigenvalue weighted by Gasteiger charge is 2.30. The van der Waals surface area contributed by atoms with Crippen molar-refractivity contribution in [1.29, 1.82) is 0 Å². The summed E-state index contributed by atoms with van der Waals surface area (Å²) >= 11 is 0. The van der Waals surface area contributed by atoms with E-state index < -0.39 is 10.0 Å². The fourth-order valence-corrected chi connectivity index (χ4v) is 4.49. The molecular formula is C17H20N2O3S. The average molecular weight is 332 g/mol. The Morgan fingerprint density at radius 3 is 2.52 bits per heavy atom. The largest absolute Gasteiger partial charge is 0.496 e. The molecular weight excluding hydrogens is 312 g/mol. The number of pyridine rings is 1. The van der Waals surface area contributed by atoms with Gasteiger partial charge in [0, 0.05) is 25.5 Å². The van der Waals surface area contributed by atoms with Crippen LogP contribution in [0.1, 0.15) is 24.3 Å². The number of methoxy groups -OCH3 is 1. The predicted octanol–water partition coefficient (Wildman–Crippen LogP) is 2.66. The lowest BCUT2D eigenvalue weighted by atomic mass is 9.89. The summed E-state index contributed by atoms with van der Waals surface area (Å²) in [6.07, 6.45) is 4.56. The average Bonchev–Trinajstić information content (AvgIpc) is 2.62. The van der Waals surface area contributed by atoms with E-state index in [0.717, 1.165) is 24.2 Å². The van der Waals surface area contributed by atoms with Gasteiger partial charge < -0.3 is 4.74 Å². The third-order valence-electron chi connectivity index (χ3n) is 4.30. The lowest BCUT2D eigenvalue weighted by molar-refractivity contribution is 0.313. The number of nitrogens with zero attached hydrogens (tertiary/aromatic N) is 2. The summed E-state index contributed by atoms with van der Waals surface area (Å²) in [6, 6.07) is 11.2. The van der Waals surface area contributed by atoms with E-state index in [2.05, 4.69) is 11.1 Å². The van der Waals surface area contributed by atoms with E-state index in [0.29, 0.717) is 19.0 Å². The maximum absolute atomic E-state index is 12.6. The number of ether oxygens (including phenoxy) is 1. The van der Waals surface area contributed by atoms with E-state index in [1.54, 1.807) is 29.7 Å². The van der Waals surface area contributed by atoms with Gasteiger partial charge >= 0.3 is 0 Å². The fourth-order valence-electron chi connectivity index (χ4n) is 3.06. The molecule has 1 aromatic heterocycles. The Labute approximate surface area is 137 Å². The first-order chi connectivity index (χ1) is 11.1. The van der Waals surface area contributed by atoms with Crippen LogP contribution in [0.4, 0.5) is 0 Å². The van der Waals surface area contributed by atoms with Crippen molar-refractivity contribution < 1.29 is 13.2 Å². The third kappa shape index (κ3) is 3.23. The molecule has 2 aromatic rings.